The van der Waals surface area contributed by atoms with Crippen molar-refractivity contribution >= 4 is 0 Å². The van der Waals surface area contributed by atoms with Crippen LogP contribution in [0.3, 0.4) is 0 Å². The topological polar surface area (TPSA) is 0 Å². The van der Waals surface area contributed by atoms with Crippen LogP contribution in [0, 0.1) is 20.8 Å². The Kier molecular flexibility index (Phi) is 2.85. The van der Waals surface area contributed by atoms with Gasteiger partial charge in [-0.3, -0.25) is 4.39 Å². The summed E-state index contributed by atoms with van der Waals surface area (Å²) >= 11 is 0. The molecule has 0 nitrogen and oxygen atoms in total. The van der Waals surface area contributed by atoms with Crippen molar-refractivity contribution in [3.8, 4) is 0 Å². The SMILES string of the molecule is [CH2]C(CF)c1cccc(C)c1C. The molecule has 0 saturated heterocycles. The predicted octanol–water partition coefficient (Wildman–Crippen LogP) is 3.19. The molecule has 0 aliphatic rings. The number of benzene rings is 1. The summed E-state index contributed by atoms with van der Waals surface area (Å²) < 4.78 is 12.3. The third-order valence-electron chi connectivity index (χ3n) is 2.27. The Morgan fingerprint density at radius 3 is 2.67 bits per heavy atom. The fourth-order valence-corrected chi connectivity index (χ4v) is 1.30. The van der Waals surface area contributed by atoms with E-state index in [2.05, 4.69) is 6.92 Å². The zero-order valence-electron chi connectivity index (χ0n) is 7.60. The number of alkyl halides is 1. The molecule has 0 bridgehead atoms. The zero-order valence-corrected chi connectivity index (χ0v) is 7.60. The summed E-state index contributed by atoms with van der Waals surface area (Å²) in [5.41, 5.74) is 3.39. The quantitative estimate of drug-likeness (QED) is 0.631. The second-order valence-electron chi connectivity index (χ2n) is 3.14. The number of rotatable bonds is 2. The fraction of sp³-hybridized carbons (Fsp3) is 0.364. The molecule has 0 fully saturated rings. The molecule has 12 heavy (non-hydrogen) atoms. The summed E-state index contributed by atoms with van der Waals surface area (Å²) in [4.78, 5) is 0. The number of halogens is 1. The van der Waals surface area contributed by atoms with Crippen molar-refractivity contribution in [1.29, 1.82) is 0 Å². The van der Waals surface area contributed by atoms with Crippen molar-refractivity contribution in [3.63, 3.8) is 0 Å². The normalized spacial score (nSPS) is 13.0. The highest BCUT2D eigenvalue weighted by atomic mass is 19.1. The molecule has 0 amide bonds. The van der Waals surface area contributed by atoms with Gasteiger partial charge in [-0.05, 0) is 37.5 Å². The minimum absolute atomic E-state index is 0.218. The van der Waals surface area contributed by atoms with Gasteiger partial charge in [0.15, 0.2) is 0 Å². The van der Waals surface area contributed by atoms with Gasteiger partial charge in [-0.15, -0.1) is 0 Å². The predicted molar refractivity (Wildman–Crippen MR) is 50.0 cm³/mol. The molecular weight excluding hydrogens is 151 g/mol. The van der Waals surface area contributed by atoms with E-state index in [-0.39, 0.29) is 12.6 Å². The van der Waals surface area contributed by atoms with Crippen molar-refractivity contribution in [2.24, 2.45) is 0 Å². The average Bonchev–Trinajstić information content (AvgIpc) is 2.08. The Hall–Kier alpha value is -0.850. The molecule has 0 heterocycles. The maximum atomic E-state index is 12.3. The minimum atomic E-state index is -0.385. The van der Waals surface area contributed by atoms with Crippen molar-refractivity contribution < 1.29 is 4.39 Å². The van der Waals surface area contributed by atoms with E-state index in [0.29, 0.717) is 0 Å². The molecule has 0 N–H and O–H groups in total. The molecule has 0 spiro atoms. The van der Waals surface area contributed by atoms with Crippen LogP contribution in [0.2, 0.25) is 0 Å². The van der Waals surface area contributed by atoms with Crippen LogP contribution in [0.4, 0.5) is 4.39 Å². The maximum Gasteiger partial charge on any atom is 0.0963 e. The maximum absolute atomic E-state index is 12.3. The van der Waals surface area contributed by atoms with Crippen LogP contribution in [-0.4, -0.2) is 6.67 Å². The summed E-state index contributed by atoms with van der Waals surface area (Å²) in [6.45, 7) is 7.41. The lowest BCUT2D eigenvalue weighted by atomic mass is 9.95. The van der Waals surface area contributed by atoms with Gasteiger partial charge in [0.25, 0.3) is 0 Å². The molecule has 1 aromatic rings. The first-order valence-electron chi connectivity index (χ1n) is 4.12. The lowest BCUT2D eigenvalue weighted by Crippen LogP contribution is -1.99. The van der Waals surface area contributed by atoms with Crippen molar-refractivity contribution in [2.75, 3.05) is 6.67 Å². The number of hydrogen-bond acceptors (Lipinski definition) is 0. The Balaban J connectivity index is 3.07. The van der Waals surface area contributed by atoms with E-state index in [1.807, 2.05) is 32.0 Å². The Morgan fingerprint density at radius 2 is 2.08 bits per heavy atom. The first kappa shape index (κ1) is 9.24. The molecule has 65 valence electrons. The third-order valence-corrected chi connectivity index (χ3v) is 2.27. The standard InChI is InChI=1S/C11H14F/c1-8-5-4-6-11(10(8)3)9(2)7-12/h4-6,9H,2,7H2,1,3H3. The van der Waals surface area contributed by atoms with E-state index >= 15 is 0 Å². The molecule has 1 unspecified atom stereocenters. The molecule has 0 aliphatic heterocycles. The first-order valence-corrected chi connectivity index (χ1v) is 4.12. The van der Waals surface area contributed by atoms with Crippen LogP contribution >= 0.6 is 0 Å². The molecule has 0 saturated carbocycles. The summed E-state index contributed by atoms with van der Waals surface area (Å²) in [5, 5.41) is 0. The molecule has 1 rings (SSSR count). The summed E-state index contributed by atoms with van der Waals surface area (Å²) in [5.74, 6) is -0.218. The number of hydrogen-bond donors (Lipinski definition) is 0. The van der Waals surface area contributed by atoms with Gasteiger partial charge in [-0.25, -0.2) is 0 Å². The zero-order chi connectivity index (χ0) is 9.14. The fourth-order valence-electron chi connectivity index (χ4n) is 1.30. The van der Waals surface area contributed by atoms with Gasteiger partial charge < -0.3 is 0 Å². The Labute approximate surface area is 73.4 Å². The minimum Gasteiger partial charge on any atom is -0.250 e. The van der Waals surface area contributed by atoms with E-state index in [4.69, 9.17) is 0 Å². The molecule has 1 heteroatoms. The van der Waals surface area contributed by atoms with E-state index in [0.717, 1.165) is 11.1 Å². The molecule has 0 aromatic heterocycles. The smallest absolute Gasteiger partial charge is 0.0963 e. The first-order chi connectivity index (χ1) is 5.66. The van der Waals surface area contributed by atoms with Gasteiger partial charge in [-0.1, -0.05) is 18.2 Å². The lowest BCUT2D eigenvalue weighted by Gasteiger charge is -2.12. The van der Waals surface area contributed by atoms with Crippen molar-refractivity contribution in [3.05, 3.63) is 41.8 Å². The Morgan fingerprint density at radius 1 is 1.42 bits per heavy atom. The average molecular weight is 165 g/mol. The van der Waals surface area contributed by atoms with Crippen LogP contribution in [0.15, 0.2) is 18.2 Å². The van der Waals surface area contributed by atoms with Gasteiger partial charge in [0, 0.05) is 5.92 Å². The van der Waals surface area contributed by atoms with E-state index in [1.54, 1.807) is 0 Å². The van der Waals surface area contributed by atoms with Gasteiger partial charge >= 0.3 is 0 Å². The highest BCUT2D eigenvalue weighted by Gasteiger charge is 2.08. The summed E-state index contributed by atoms with van der Waals surface area (Å²) in [6, 6.07) is 5.93. The van der Waals surface area contributed by atoms with E-state index < -0.39 is 0 Å². The highest BCUT2D eigenvalue weighted by Crippen LogP contribution is 2.21. The second kappa shape index (κ2) is 3.70. The summed E-state index contributed by atoms with van der Waals surface area (Å²) in [6.07, 6.45) is 0. The van der Waals surface area contributed by atoms with Crippen LogP contribution in [-0.2, 0) is 0 Å². The van der Waals surface area contributed by atoms with Gasteiger partial charge in [-0.2, -0.15) is 0 Å². The van der Waals surface area contributed by atoms with Gasteiger partial charge in [0.2, 0.25) is 0 Å². The van der Waals surface area contributed by atoms with Crippen LogP contribution < -0.4 is 0 Å². The molecule has 1 atom stereocenters. The molecular formula is C11H14F. The molecule has 0 aliphatic carbocycles. The van der Waals surface area contributed by atoms with Crippen molar-refractivity contribution in [2.45, 2.75) is 19.8 Å². The van der Waals surface area contributed by atoms with Crippen LogP contribution in [0.5, 0.6) is 0 Å². The summed E-state index contributed by atoms with van der Waals surface area (Å²) in [7, 11) is 0. The monoisotopic (exact) mass is 165 g/mol. The van der Waals surface area contributed by atoms with Crippen LogP contribution in [0.25, 0.3) is 0 Å². The Bertz CT molecular complexity index is 266. The van der Waals surface area contributed by atoms with E-state index in [1.165, 1.54) is 5.56 Å². The lowest BCUT2D eigenvalue weighted by molar-refractivity contribution is 0.464. The molecule has 1 radical (unpaired) electrons. The third kappa shape index (κ3) is 1.66. The molecule has 1 aromatic carbocycles. The number of aryl methyl sites for hydroxylation is 1. The highest BCUT2D eigenvalue weighted by molar-refractivity contribution is 5.36. The van der Waals surface area contributed by atoms with Crippen LogP contribution in [0.1, 0.15) is 22.6 Å². The van der Waals surface area contributed by atoms with Gasteiger partial charge in [0.1, 0.15) is 0 Å². The van der Waals surface area contributed by atoms with Crippen molar-refractivity contribution in [1.82, 2.24) is 0 Å². The van der Waals surface area contributed by atoms with Gasteiger partial charge in [0.05, 0.1) is 6.67 Å². The second-order valence-corrected chi connectivity index (χ2v) is 3.14. The largest absolute Gasteiger partial charge is 0.250 e. The van der Waals surface area contributed by atoms with E-state index in [9.17, 15) is 4.39 Å².